The molecule has 3 rings (SSSR count). The Labute approximate surface area is 159 Å². The molecule has 3 aromatic rings. The number of carbonyl (C=O) groups is 1. The lowest BCUT2D eigenvalue weighted by atomic mass is 10.1. The summed E-state index contributed by atoms with van der Waals surface area (Å²) in [7, 11) is 0. The van der Waals surface area contributed by atoms with Gasteiger partial charge in [0.15, 0.2) is 0 Å². The van der Waals surface area contributed by atoms with Crippen molar-refractivity contribution in [3.63, 3.8) is 0 Å². The summed E-state index contributed by atoms with van der Waals surface area (Å²) in [6, 6.07) is 17.0. The summed E-state index contributed by atoms with van der Waals surface area (Å²) in [4.78, 5) is 22.6. The van der Waals surface area contributed by atoms with E-state index in [9.17, 15) is 25.3 Å². The van der Waals surface area contributed by atoms with Crippen molar-refractivity contribution in [3.05, 3.63) is 82.1 Å². The summed E-state index contributed by atoms with van der Waals surface area (Å²) in [5, 5.41) is 32.7. The number of nitriles is 1. The smallest absolute Gasteiger partial charge is 0.270 e. The number of aromatic hydroxyl groups is 1. The molecule has 2 N–H and O–H groups in total. The van der Waals surface area contributed by atoms with Gasteiger partial charge in [0.25, 0.3) is 11.6 Å². The number of anilines is 1. The molecular formula is C20H13N3O5. The normalized spacial score (nSPS) is 10.9. The van der Waals surface area contributed by atoms with E-state index in [0.29, 0.717) is 5.69 Å². The molecular weight excluding hydrogens is 362 g/mol. The van der Waals surface area contributed by atoms with Crippen LogP contribution in [0.2, 0.25) is 0 Å². The number of nitrogens with zero attached hydrogens (tertiary/aromatic N) is 2. The van der Waals surface area contributed by atoms with Crippen LogP contribution in [0.1, 0.15) is 5.76 Å². The average molecular weight is 375 g/mol. The van der Waals surface area contributed by atoms with Gasteiger partial charge in [-0.25, -0.2) is 0 Å². The van der Waals surface area contributed by atoms with Crippen molar-refractivity contribution in [2.75, 3.05) is 5.32 Å². The maximum Gasteiger partial charge on any atom is 0.270 e. The van der Waals surface area contributed by atoms with Gasteiger partial charge in [0, 0.05) is 23.9 Å². The summed E-state index contributed by atoms with van der Waals surface area (Å²) in [6.45, 7) is 0. The van der Waals surface area contributed by atoms with Gasteiger partial charge < -0.3 is 14.8 Å². The van der Waals surface area contributed by atoms with Crippen LogP contribution in [0.5, 0.6) is 5.75 Å². The van der Waals surface area contributed by atoms with Crippen LogP contribution < -0.4 is 5.32 Å². The van der Waals surface area contributed by atoms with Gasteiger partial charge in [-0.1, -0.05) is 18.2 Å². The summed E-state index contributed by atoms with van der Waals surface area (Å²) >= 11 is 0. The molecule has 1 aromatic heterocycles. The van der Waals surface area contributed by atoms with Crippen molar-refractivity contribution in [2.24, 2.45) is 0 Å². The highest BCUT2D eigenvalue weighted by molar-refractivity contribution is 6.09. The minimum atomic E-state index is -0.607. The Morgan fingerprint density at radius 3 is 2.61 bits per heavy atom. The Hall–Kier alpha value is -4.38. The van der Waals surface area contributed by atoms with E-state index in [1.54, 1.807) is 36.4 Å². The molecule has 0 unspecified atom stereocenters. The van der Waals surface area contributed by atoms with E-state index in [-0.39, 0.29) is 34.1 Å². The van der Waals surface area contributed by atoms with Crippen molar-refractivity contribution >= 4 is 23.4 Å². The van der Waals surface area contributed by atoms with Crippen LogP contribution in [-0.4, -0.2) is 15.9 Å². The molecule has 0 saturated carbocycles. The second kappa shape index (κ2) is 7.88. The molecule has 0 aliphatic heterocycles. The molecule has 2 aromatic carbocycles. The van der Waals surface area contributed by atoms with Gasteiger partial charge in [-0.05, 0) is 30.3 Å². The third-order valence-electron chi connectivity index (χ3n) is 3.77. The van der Waals surface area contributed by atoms with E-state index in [2.05, 4.69) is 5.32 Å². The zero-order chi connectivity index (χ0) is 20.1. The van der Waals surface area contributed by atoms with E-state index >= 15 is 0 Å². The van der Waals surface area contributed by atoms with Crippen LogP contribution in [0.3, 0.4) is 0 Å². The number of non-ortho nitro benzene ring substituents is 1. The molecule has 138 valence electrons. The minimum Gasteiger partial charge on any atom is -0.507 e. The SMILES string of the molecule is N#C/C(=C/c1ccc(-c2cc([N+](=O)[O-])ccc2O)o1)C(=O)Nc1ccccc1. The van der Waals surface area contributed by atoms with Crippen molar-refractivity contribution in [1.82, 2.24) is 0 Å². The first-order chi connectivity index (χ1) is 13.5. The fraction of sp³-hybridized carbons (Fsp3) is 0. The summed E-state index contributed by atoms with van der Waals surface area (Å²) in [6.07, 6.45) is 1.25. The number of nitro groups is 1. The van der Waals surface area contributed by atoms with E-state index in [4.69, 9.17) is 4.42 Å². The molecule has 0 radical (unpaired) electrons. The molecule has 0 aliphatic rings. The van der Waals surface area contributed by atoms with Crippen molar-refractivity contribution in [3.8, 4) is 23.1 Å². The van der Waals surface area contributed by atoms with Crippen LogP contribution in [-0.2, 0) is 4.79 Å². The third kappa shape index (κ3) is 4.05. The number of benzene rings is 2. The predicted octanol–water partition coefficient (Wildman–Crippen LogP) is 4.11. The zero-order valence-corrected chi connectivity index (χ0v) is 14.3. The molecule has 0 fully saturated rings. The Morgan fingerprint density at radius 2 is 1.93 bits per heavy atom. The van der Waals surface area contributed by atoms with Crippen molar-refractivity contribution in [1.29, 1.82) is 5.26 Å². The van der Waals surface area contributed by atoms with E-state index in [1.165, 1.54) is 36.4 Å². The molecule has 1 amide bonds. The summed E-state index contributed by atoms with van der Waals surface area (Å²) in [5.41, 5.74) is 0.269. The second-order valence-electron chi connectivity index (χ2n) is 5.65. The van der Waals surface area contributed by atoms with Crippen LogP contribution in [0.25, 0.3) is 17.4 Å². The van der Waals surface area contributed by atoms with E-state index < -0.39 is 10.8 Å². The number of nitrogens with one attached hydrogen (secondary N) is 1. The Kier molecular flexibility index (Phi) is 5.18. The average Bonchev–Trinajstić information content (AvgIpc) is 3.15. The van der Waals surface area contributed by atoms with Crippen LogP contribution in [0, 0.1) is 21.4 Å². The molecule has 8 nitrogen and oxygen atoms in total. The summed E-state index contributed by atoms with van der Waals surface area (Å²) in [5.74, 6) is -0.462. The number of phenolic OH excluding ortho intramolecular Hbond substituents is 1. The van der Waals surface area contributed by atoms with E-state index in [0.717, 1.165) is 0 Å². The lowest BCUT2D eigenvalue weighted by molar-refractivity contribution is -0.384. The van der Waals surface area contributed by atoms with Gasteiger partial charge in [-0.15, -0.1) is 0 Å². The highest BCUT2D eigenvalue weighted by Crippen LogP contribution is 2.34. The van der Waals surface area contributed by atoms with Crippen LogP contribution in [0.15, 0.2) is 70.7 Å². The van der Waals surface area contributed by atoms with Gasteiger partial charge in [0.1, 0.15) is 28.9 Å². The molecule has 0 saturated heterocycles. The molecule has 1 heterocycles. The fourth-order valence-corrected chi connectivity index (χ4v) is 2.42. The number of hydrogen-bond acceptors (Lipinski definition) is 6. The number of carbonyl (C=O) groups excluding carboxylic acids is 1. The second-order valence-corrected chi connectivity index (χ2v) is 5.65. The van der Waals surface area contributed by atoms with E-state index in [1.807, 2.05) is 0 Å². The quantitative estimate of drug-likeness (QED) is 0.299. The number of phenols is 1. The van der Waals surface area contributed by atoms with Gasteiger partial charge in [-0.3, -0.25) is 14.9 Å². The molecule has 0 aliphatic carbocycles. The lowest BCUT2D eigenvalue weighted by Crippen LogP contribution is -2.13. The Balaban J connectivity index is 1.87. The first-order valence-corrected chi connectivity index (χ1v) is 8.04. The molecule has 0 spiro atoms. The largest absolute Gasteiger partial charge is 0.507 e. The minimum absolute atomic E-state index is 0.126. The number of amides is 1. The Bertz CT molecular complexity index is 1110. The fourth-order valence-electron chi connectivity index (χ4n) is 2.42. The van der Waals surface area contributed by atoms with Crippen molar-refractivity contribution in [2.45, 2.75) is 0 Å². The molecule has 0 bridgehead atoms. The lowest BCUT2D eigenvalue weighted by Gasteiger charge is -2.03. The molecule has 28 heavy (non-hydrogen) atoms. The van der Waals surface area contributed by atoms with Gasteiger partial charge >= 0.3 is 0 Å². The predicted molar refractivity (Wildman–Crippen MR) is 101 cm³/mol. The highest BCUT2D eigenvalue weighted by Gasteiger charge is 2.16. The van der Waals surface area contributed by atoms with Crippen LogP contribution in [0.4, 0.5) is 11.4 Å². The van der Waals surface area contributed by atoms with Crippen LogP contribution >= 0.6 is 0 Å². The van der Waals surface area contributed by atoms with Gasteiger partial charge in [0.05, 0.1) is 10.5 Å². The number of nitro benzene ring substituents is 1. The number of rotatable bonds is 5. The first-order valence-electron chi connectivity index (χ1n) is 8.04. The van der Waals surface area contributed by atoms with Gasteiger partial charge in [0.2, 0.25) is 0 Å². The third-order valence-corrected chi connectivity index (χ3v) is 3.77. The number of para-hydroxylation sites is 1. The molecule has 0 atom stereocenters. The van der Waals surface area contributed by atoms with Gasteiger partial charge in [-0.2, -0.15) is 5.26 Å². The summed E-state index contributed by atoms with van der Waals surface area (Å²) < 4.78 is 5.53. The maximum absolute atomic E-state index is 12.2. The standard InChI is InChI=1S/C20H13N3O5/c21-12-13(20(25)22-14-4-2-1-3-5-14)10-16-7-9-19(28-16)17-11-15(23(26)27)6-8-18(17)24/h1-11,24H,(H,22,25)/b13-10-. The van der Waals surface area contributed by atoms with Crippen molar-refractivity contribution < 1.29 is 19.2 Å². The topological polar surface area (TPSA) is 129 Å². The Morgan fingerprint density at radius 1 is 1.18 bits per heavy atom. The monoisotopic (exact) mass is 375 g/mol. The molecule has 8 heteroatoms. The number of hydrogen-bond donors (Lipinski definition) is 2. The highest BCUT2D eigenvalue weighted by atomic mass is 16.6. The maximum atomic E-state index is 12.2. The first kappa shape index (κ1) is 18.4. The zero-order valence-electron chi connectivity index (χ0n) is 14.3. The number of furan rings is 1.